The summed E-state index contributed by atoms with van der Waals surface area (Å²) in [6, 6.07) is 4.84. The molecule has 7 nitrogen and oxygen atoms in total. The quantitative estimate of drug-likeness (QED) is 0.710. The second-order valence-corrected chi connectivity index (χ2v) is 7.23. The Bertz CT molecular complexity index is 1090. The van der Waals surface area contributed by atoms with Gasteiger partial charge in [-0.05, 0) is 44.5 Å². The van der Waals surface area contributed by atoms with Gasteiger partial charge >= 0.3 is 5.97 Å². The van der Waals surface area contributed by atoms with E-state index in [1.165, 1.54) is 11.3 Å². The summed E-state index contributed by atoms with van der Waals surface area (Å²) in [6.07, 6.45) is -0.701. The van der Waals surface area contributed by atoms with Crippen molar-refractivity contribution in [3.63, 3.8) is 0 Å². The van der Waals surface area contributed by atoms with Gasteiger partial charge in [-0.3, -0.25) is 4.79 Å². The van der Waals surface area contributed by atoms with Gasteiger partial charge in [0, 0.05) is 4.88 Å². The summed E-state index contributed by atoms with van der Waals surface area (Å²) in [5.74, 6) is 0.883. The van der Waals surface area contributed by atoms with E-state index in [0.717, 1.165) is 10.4 Å². The molecule has 1 atom stereocenters. The van der Waals surface area contributed by atoms with Crippen LogP contribution >= 0.6 is 11.3 Å². The van der Waals surface area contributed by atoms with Gasteiger partial charge in [0.2, 0.25) is 6.79 Å². The van der Waals surface area contributed by atoms with E-state index in [0.29, 0.717) is 33.1 Å². The number of thiophene rings is 1. The molecule has 0 aliphatic carbocycles. The summed E-state index contributed by atoms with van der Waals surface area (Å²) < 4.78 is 16.0. The number of hydrogen-bond acceptors (Lipinski definition) is 7. The number of aromatic nitrogens is 2. The second-order valence-electron chi connectivity index (χ2n) is 6.03. The first kappa shape index (κ1) is 16.6. The Labute approximate surface area is 152 Å². The van der Waals surface area contributed by atoms with Crippen molar-refractivity contribution in [1.82, 2.24) is 9.97 Å². The molecule has 4 rings (SSSR count). The number of hydrogen-bond donors (Lipinski definition) is 1. The lowest BCUT2D eigenvalue weighted by atomic mass is 10.2. The highest BCUT2D eigenvalue weighted by atomic mass is 32.1. The molecule has 0 radical (unpaired) electrons. The fourth-order valence-corrected chi connectivity index (χ4v) is 3.81. The van der Waals surface area contributed by atoms with Crippen molar-refractivity contribution < 1.29 is 19.0 Å². The number of rotatable bonds is 3. The standard InChI is InChI=1S/C18H16N2O5S/c1-8-10(3)26-17-14(8)16(21)19-15(20-17)9(2)25-18(22)11-4-5-12-13(6-11)24-7-23-12/h4-6,9H,7H2,1-3H3,(H,19,20,21)/t9-/m1/s1. The zero-order chi connectivity index (χ0) is 18.4. The maximum Gasteiger partial charge on any atom is 0.338 e. The Morgan fingerprint density at radius 1 is 1.31 bits per heavy atom. The Kier molecular flexibility index (Phi) is 3.91. The van der Waals surface area contributed by atoms with Crippen molar-refractivity contribution >= 4 is 27.5 Å². The molecule has 1 aliphatic heterocycles. The van der Waals surface area contributed by atoms with Crippen molar-refractivity contribution in [2.75, 3.05) is 6.79 Å². The van der Waals surface area contributed by atoms with E-state index in [4.69, 9.17) is 14.2 Å². The molecule has 0 saturated carbocycles. The second kappa shape index (κ2) is 6.14. The third-order valence-electron chi connectivity index (χ3n) is 4.33. The van der Waals surface area contributed by atoms with Crippen LogP contribution in [0.4, 0.5) is 0 Å². The van der Waals surface area contributed by atoms with Crippen LogP contribution in [0.25, 0.3) is 10.2 Å². The summed E-state index contributed by atoms with van der Waals surface area (Å²) in [4.78, 5) is 33.6. The lowest BCUT2D eigenvalue weighted by Gasteiger charge is -2.12. The van der Waals surface area contributed by atoms with Crippen LogP contribution in [0, 0.1) is 13.8 Å². The van der Waals surface area contributed by atoms with Gasteiger partial charge in [0.15, 0.2) is 23.4 Å². The van der Waals surface area contributed by atoms with Crippen LogP contribution in [0.2, 0.25) is 0 Å². The predicted octanol–water partition coefficient (Wildman–Crippen LogP) is 3.25. The molecule has 8 heteroatoms. The molecule has 134 valence electrons. The number of carbonyl (C=O) groups is 1. The SMILES string of the molecule is Cc1sc2nc([C@@H](C)OC(=O)c3ccc4c(c3)OCO4)[nH]c(=O)c2c1C. The number of carbonyl (C=O) groups excluding carboxylic acids is 1. The Morgan fingerprint density at radius 3 is 2.88 bits per heavy atom. The monoisotopic (exact) mass is 372 g/mol. The van der Waals surface area contributed by atoms with Gasteiger partial charge in [-0.15, -0.1) is 11.3 Å². The lowest BCUT2D eigenvalue weighted by Crippen LogP contribution is -2.17. The molecule has 0 unspecified atom stereocenters. The van der Waals surface area contributed by atoms with Crippen LogP contribution in [-0.2, 0) is 4.74 Å². The summed E-state index contributed by atoms with van der Waals surface area (Å²) in [5.41, 5.74) is 1.04. The van der Waals surface area contributed by atoms with Crippen LogP contribution in [0.15, 0.2) is 23.0 Å². The molecule has 3 aromatic rings. The van der Waals surface area contributed by atoms with Crippen LogP contribution in [0.5, 0.6) is 11.5 Å². The number of nitrogens with one attached hydrogen (secondary N) is 1. The molecule has 26 heavy (non-hydrogen) atoms. The first-order valence-corrected chi connectivity index (χ1v) is 8.86. The van der Waals surface area contributed by atoms with Crippen LogP contribution < -0.4 is 15.0 Å². The van der Waals surface area contributed by atoms with Crippen LogP contribution in [0.1, 0.15) is 39.7 Å². The minimum atomic E-state index is -0.701. The molecule has 1 aromatic carbocycles. The maximum absolute atomic E-state index is 12.4. The Hall–Kier alpha value is -2.87. The number of H-pyrrole nitrogens is 1. The minimum absolute atomic E-state index is 0.134. The van der Waals surface area contributed by atoms with E-state index in [1.54, 1.807) is 25.1 Å². The van der Waals surface area contributed by atoms with Gasteiger partial charge in [0.05, 0.1) is 10.9 Å². The molecular formula is C18H16N2O5S. The van der Waals surface area contributed by atoms with E-state index >= 15 is 0 Å². The highest BCUT2D eigenvalue weighted by Crippen LogP contribution is 2.33. The van der Waals surface area contributed by atoms with Gasteiger partial charge < -0.3 is 19.2 Å². The number of ether oxygens (including phenoxy) is 3. The average Bonchev–Trinajstić information content (AvgIpc) is 3.18. The van der Waals surface area contributed by atoms with E-state index in [2.05, 4.69) is 9.97 Å². The van der Waals surface area contributed by atoms with Crippen LogP contribution in [-0.4, -0.2) is 22.7 Å². The number of nitrogens with zero attached hydrogens (tertiary/aromatic N) is 1. The Morgan fingerprint density at radius 2 is 2.08 bits per heavy atom. The molecule has 1 aliphatic rings. The fraction of sp³-hybridized carbons (Fsp3) is 0.278. The lowest BCUT2D eigenvalue weighted by molar-refractivity contribution is 0.0319. The fourth-order valence-electron chi connectivity index (χ4n) is 2.77. The van der Waals surface area contributed by atoms with Gasteiger partial charge in [0.25, 0.3) is 5.56 Å². The molecule has 1 N–H and O–H groups in total. The summed E-state index contributed by atoms with van der Waals surface area (Å²) >= 11 is 1.45. The molecule has 0 spiro atoms. The third-order valence-corrected chi connectivity index (χ3v) is 5.44. The molecule has 2 aromatic heterocycles. The van der Waals surface area contributed by atoms with E-state index < -0.39 is 12.1 Å². The number of benzene rings is 1. The van der Waals surface area contributed by atoms with Crippen LogP contribution in [0.3, 0.4) is 0 Å². The van der Waals surface area contributed by atoms with E-state index in [1.807, 2.05) is 13.8 Å². The number of esters is 1. The molecule has 3 heterocycles. The van der Waals surface area contributed by atoms with Gasteiger partial charge in [-0.1, -0.05) is 0 Å². The van der Waals surface area contributed by atoms with Crippen molar-refractivity contribution in [1.29, 1.82) is 0 Å². The van der Waals surface area contributed by atoms with Crippen molar-refractivity contribution in [3.05, 3.63) is 50.4 Å². The smallest absolute Gasteiger partial charge is 0.338 e. The highest BCUT2D eigenvalue weighted by Gasteiger charge is 2.21. The summed E-state index contributed by atoms with van der Waals surface area (Å²) in [5, 5.41) is 0.588. The van der Waals surface area contributed by atoms with Crippen molar-refractivity contribution in [2.45, 2.75) is 26.9 Å². The molecule has 0 bridgehead atoms. The highest BCUT2D eigenvalue weighted by molar-refractivity contribution is 7.18. The van der Waals surface area contributed by atoms with Crippen molar-refractivity contribution in [3.8, 4) is 11.5 Å². The minimum Gasteiger partial charge on any atom is -0.454 e. The molecular weight excluding hydrogens is 356 g/mol. The number of aryl methyl sites for hydroxylation is 2. The zero-order valence-corrected chi connectivity index (χ0v) is 15.2. The van der Waals surface area contributed by atoms with Crippen molar-refractivity contribution in [2.24, 2.45) is 0 Å². The molecule has 0 fully saturated rings. The third kappa shape index (κ3) is 2.72. The zero-order valence-electron chi connectivity index (χ0n) is 14.4. The summed E-state index contributed by atoms with van der Waals surface area (Å²) in [6.45, 7) is 5.65. The first-order chi connectivity index (χ1) is 12.4. The van der Waals surface area contributed by atoms with Gasteiger partial charge in [0.1, 0.15) is 4.83 Å². The van der Waals surface area contributed by atoms with E-state index in [9.17, 15) is 9.59 Å². The largest absolute Gasteiger partial charge is 0.454 e. The molecule has 0 amide bonds. The Balaban J connectivity index is 1.60. The van der Waals surface area contributed by atoms with E-state index in [-0.39, 0.29) is 12.4 Å². The number of fused-ring (bicyclic) bond motifs is 2. The van der Waals surface area contributed by atoms with Gasteiger partial charge in [-0.25, -0.2) is 9.78 Å². The maximum atomic E-state index is 12.4. The molecule has 0 saturated heterocycles. The predicted molar refractivity (Wildman–Crippen MR) is 96.1 cm³/mol. The average molecular weight is 372 g/mol. The van der Waals surface area contributed by atoms with Gasteiger partial charge in [-0.2, -0.15) is 0 Å². The first-order valence-electron chi connectivity index (χ1n) is 8.04. The number of aromatic amines is 1. The summed E-state index contributed by atoms with van der Waals surface area (Å²) in [7, 11) is 0. The topological polar surface area (TPSA) is 90.5 Å². The normalized spacial score (nSPS) is 13.8.